The van der Waals surface area contributed by atoms with E-state index in [1.165, 1.54) is 0 Å². The number of benzene rings is 1. The van der Waals surface area contributed by atoms with Crippen LogP contribution in [0.3, 0.4) is 0 Å². The van der Waals surface area contributed by atoms with Crippen molar-refractivity contribution in [3.05, 3.63) is 46.6 Å². The Kier molecular flexibility index (Phi) is 4.11. The number of rotatable bonds is 3. The van der Waals surface area contributed by atoms with Gasteiger partial charge in [-0.3, -0.25) is 4.79 Å². The molecule has 1 amide bonds. The molecule has 1 aromatic carbocycles. The minimum Gasteiger partial charge on any atom is -0.306 e. The maximum Gasteiger partial charge on any atom is 0.256 e. The fourth-order valence-corrected chi connectivity index (χ4v) is 6.09. The van der Waals surface area contributed by atoms with Gasteiger partial charge in [0.2, 0.25) is 0 Å². The third-order valence-corrected chi connectivity index (χ3v) is 7.36. The molecule has 6 nitrogen and oxygen atoms in total. The number of amides is 1. The number of aromatic nitrogens is 2. The quantitative estimate of drug-likeness (QED) is 0.889. The minimum atomic E-state index is -3.02. The highest BCUT2D eigenvalue weighted by molar-refractivity contribution is 7.98. The number of carbonyl (C=O) groups is 1. The van der Waals surface area contributed by atoms with Gasteiger partial charge < -0.3 is 5.32 Å². The van der Waals surface area contributed by atoms with Gasteiger partial charge in [-0.15, -0.1) is 0 Å². The largest absolute Gasteiger partial charge is 0.306 e. The molecule has 1 aromatic heterocycles. The maximum atomic E-state index is 12.7. The molecule has 0 aliphatic carbocycles. The molecule has 2 aliphatic heterocycles. The summed E-state index contributed by atoms with van der Waals surface area (Å²) in [5, 5.41) is 7.61. The molecule has 2 aliphatic rings. The van der Waals surface area contributed by atoms with Crippen LogP contribution in [0.1, 0.15) is 39.6 Å². The average Bonchev–Trinajstić information content (AvgIpc) is 3.23. The van der Waals surface area contributed by atoms with E-state index in [2.05, 4.69) is 10.4 Å². The van der Waals surface area contributed by atoms with Crippen LogP contribution in [0.2, 0.25) is 0 Å². The van der Waals surface area contributed by atoms with E-state index >= 15 is 0 Å². The van der Waals surface area contributed by atoms with Gasteiger partial charge in [0.15, 0.2) is 9.84 Å². The van der Waals surface area contributed by atoms with E-state index < -0.39 is 9.84 Å². The summed E-state index contributed by atoms with van der Waals surface area (Å²) in [6.07, 6.45) is 0.545. The zero-order chi connectivity index (χ0) is 17.6. The van der Waals surface area contributed by atoms with Crippen molar-refractivity contribution in [2.75, 3.05) is 16.8 Å². The maximum absolute atomic E-state index is 12.7. The Hall–Kier alpha value is -1.80. The Morgan fingerprint density at radius 1 is 1.36 bits per heavy atom. The predicted octanol–water partition coefficient (Wildman–Crippen LogP) is 2.55. The number of nitrogens with one attached hydrogen (secondary N) is 1. The summed E-state index contributed by atoms with van der Waals surface area (Å²) in [4.78, 5) is 12.7. The molecule has 3 heterocycles. The number of hydrogen-bond donors (Lipinski definition) is 1. The first kappa shape index (κ1) is 16.7. The number of sulfone groups is 1. The van der Waals surface area contributed by atoms with Crippen molar-refractivity contribution in [3.8, 4) is 0 Å². The zero-order valence-electron chi connectivity index (χ0n) is 13.9. The van der Waals surface area contributed by atoms with Crippen molar-refractivity contribution >= 4 is 33.3 Å². The van der Waals surface area contributed by atoms with Crippen LogP contribution < -0.4 is 5.32 Å². The van der Waals surface area contributed by atoms with Crippen LogP contribution >= 0.6 is 11.8 Å². The highest BCUT2D eigenvalue weighted by Crippen LogP contribution is 2.38. The van der Waals surface area contributed by atoms with Crippen LogP contribution in [0.5, 0.6) is 0 Å². The Labute approximate surface area is 150 Å². The number of thioether (sulfide) groups is 1. The molecular formula is C17H19N3O3S2. The Morgan fingerprint density at radius 3 is 2.92 bits per heavy atom. The Bertz CT molecular complexity index is 950. The van der Waals surface area contributed by atoms with Gasteiger partial charge in [-0.2, -0.15) is 16.9 Å². The number of fused-ring (bicyclic) bond motifs is 1. The number of nitrogens with zero attached hydrogens (tertiary/aromatic N) is 2. The summed E-state index contributed by atoms with van der Waals surface area (Å²) in [5.41, 5.74) is 3.58. The van der Waals surface area contributed by atoms with Crippen LogP contribution in [0, 0.1) is 6.92 Å². The molecule has 132 valence electrons. The summed E-state index contributed by atoms with van der Waals surface area (Å²) in [7, 11) is -3.02. The molecular weight excluding hydrogens is 358 g/mol. The summed E-state index contributed by atoms with van der Waals surface area (Å²) in [6, 6.07) is 7.21. The Balaban J connectivity index is 1.68. The molecule has 0 bridgehead atoms. The van der Waals surface area contributed by atoms with Crippen LogP contribution in [0.25, 0.3) is 0 Å². The second-order valence-corrected chi connectivity index (χ2v) is 9.81. The first-order valence-electron chi connectivity index (χ1n) is 8.19. The van der Waals surface area contributed by atoms with E-state index in [1.807, 2.05) is 25.1 Å². The van der Waals surface area contributed by atoms with Gasteiger partial charge in [-0.25, -0.2) is 13.1 Å². The fourth-order valence-electron chi connectivity index (χ4n) is 3.36. The summed E-state index contributed by atoms with van der Waals surface area (Å²) in [5.74, 6) is 2.34. The van der Waals surface area contributed by atoms with E-state index in [1.54, 1.807) is 22.5 Å². The highest BCUT2D eigenvalue weighted by Gasteiger charge is 2.34. The van der Waals surface area contributed by atoms with Gasteiger partial charge in [0.05, 0.1) is 23.2 Å². The molecule has 4 rings (SSSR count). The predicted molar refractivity (Wildman–Crippen MR) is 98.7 cm³/mol. The number of carbonyl (C=O) groups excluding carboxylic acids is 1. The lowest BCUT2D eigenvalue weighted by Gasteiger charge is -2.15. The summed E-state index contributed by atoms with van der Waals surface area (Å²) >= 11 is 1.75. The fraction of sp³-hybridized carbons (Fsp3) is 0.412. The molecule has 1 fully saturated rings. The highest BCUT2D eigenvalue weighted by atomic mass is 32.2. The average molecular weight is 377 g/mol. The molecule has 25 heavy (non-hydrogen) atoms. The van der Waals surface area contributed by atoms with Crippen LogP contribution in [-0.4, -0.2) is 35.6 Å². The molecule has 0 spiro atoms. The lowest BCUT2D eigenvalue weighted by atomic mass is 10.1. The van der Waals surface area contributed by atoms with E-state index in [0.717, 1.165) is 28.3 Å². The Morgan fingerprint density at radius 2 is 2.20 bits per heavy atom. The molecule has 1 atom stereocenters. The van der Waals surface area contributed by atoms with Crippen molar-refractivity contribution < 1.29 is 13.2 Å². The van der Waals surface area contributed by atoms with Gasteiger partial charge >= 0.3 is 0 Å². The molecule has 0 saturated carbocycles. The monoisotopic (exact) mass is 377 g/mol. The third-order valence-electron chi connectivity index (χ3n) is 4.64. The second kappa shape index (κ2) is 6.17. The van der Waals surface area contributed by atoms with Crippen LogP contribution in [-0.2, 0) is 21.3 Å². The van der Waals surface area contributed by atoms with E-state index in [0.29, 0.717) is 17.8 Å². The topological polar surface area (TPSA) is 81.1 Å². The van der Waals surface area contributed by atoms with Crippen molar-refractivity contribution in [2.24, 2.45) is 0 Å². The summed E-state index contributed by atoms with van der Waals surface area (Å²) in [6.45, 7) is 1.94. The van der Waals surface area contributed by atoms with Gasteiger partial charge in [0.1, 0.15) is 5.82 Å². The number of hydrogen-bond acceptors (Lipinski definition) is 5. The molecule has 1 saturated heterocycles. The van der Waals surface area contributed by atoms with E-state index in [9.17, 15) is 13.2 Å². The van der Waals surface area contributed by atoms with Crippen LogP contribution in [0.15, 0.2) is 24.3 Å². The van der Waals surface area contributed by atoms with Crippen molar-refractivity contribution in [1.29, 1.82) is 0 Å². The van der Waals surface area contributed by atoms with Crippen molar-refractivity contribution in [1.82, 2.24) is 9.78 Å². The van der Waals surface area contributed by atoms with Crippen LogP contribution in [0.4, 0.5) is 5.82 Å². The summed E-state index contributed by atoms with van der Waals surface area (Å²) < 4.78 is 25.4. The second-order valence-electron chi connectivity index (χ2n) is 6.59. The zero-order valence-corrected chi connectivity index (χ0v) is 15.5. The first-order valence-corrected chi connectivity index (χ1v) is 11.2. The smallest absolute Gasteiger partial charge is 0.256 e. The van der Waals surface area contributed by atoms with E-state index in [4.69, 9.17) is 0 Å². The lowest BCUT2D eigenvalue weighted by Crippen LogP contribution is -2.20. The number of anilines is 1. The van der Waals surface area contributed by atoms with E-state index in [-0.39, 0.29) is 23.5 Å². The van der Waals surface area contributed by atoms with Gasteiger partial charge in [0, 0.05) is 22.6 Å². The van der Waals surface area contributed by atoms with Gasteiger partial charge in [0.25, 0.3) is 5.91 Å². The first-order chi connectivity index (χ1) is 11.9. The molecule has 0 radical (unpaired) electrons. The normalized spacial score (nSPS) is 21.2. The minimum absolute atomic E-state index is 0.0913. The standard InChI is InChI=1S/C17H19N3O3S2/c1-11-3-2-4-12(7-11)17(21)18-16-14-8-24-9-15(14)19-20(16)13-5-6-25(22,23)10-13/h2-4,7,13H,5-6,8-10H2,1H3,(H,18,21). The molecule has 1 unspecified atom stereocenters. The third kappa shape index (κ3) is 3.20. The SMILES string of the molecule is Cc1cccc(C(=O)Nc2c3c(nn2C2CCS(=O)(=O)C2)CSC3)c1. The van der Waals surface area contributed by atoms with Crippen molar-refractivity contribution in [3.63, 3.8) is 0 Å². The molecule has 1 N–H and O–H groups in total. The molecule has 2 aromatic rings. The van der Waals surface area contributed by atoms with Gasteiger partial charge in [-0.05, 0) is 25.5 Å². The number of aryl methyl sites for hydroxylation is 1. The lowest BCUT2D eigenvalue weighted by molar-refractivity contribution is 0.102. The van der Waals surface area contributed by atoms with Crippen molar-refractivity contribution in [2.45, 2.75) is 30.9 Å². The van der Waals surface area contributed by atoms with Gasteiger partial charge in [-0.1, -0.05) is 17.7 Å². The molecule has 8 heteroatoms.